The number of rotatable bonds is 3. The lowest BCUT2D eigenvalue weighted by Crippen LogP contribution is -2.49. The molecule has 1 aromatic carbocycles. The lowest BCUT2D eigenvalue weighted by Gasteiger charge is -2.35. The number of thiophene rings is 1. The van der Waals surface area contributed by atoms with Crippen molar-refractivity contribution in [1.82, 2.24) is 14.9 Å². The summed E-state index contributed by atoms with van der Waals surface area (Å²) in [7, 11) is 0. The van der Waals surface area contributed by atoms with Crippen LogP contribution in [0.25, 0.3) is 10.2 Å². The van der Waals surface area contributed by atoms with E-state index in [1.807, 2.05) is 28.7 Å². The molecule has 0 spiro atoms. The molecule has 1 amide bonds. The Morgan fingerprint density at radius 2 is 2.00 bits per heavy atom. The molecule has 1 aliphatic rings. The molecule has 26 heavy (non-hydrogen) atoms. The minimum atomic E-state index is -0.00563. The monoisotopic (exact) mass is 404 g/mol. The van der Waals surface area contributed by atoms with Gasteiger partial charge in [-0.3, -0.25) is 4.79 Å². The van der Waals surface area contributed by atoms with Crippen LogP contribution in [-0.2, 0) is 0 Å². The van der Waals surface area contributed by atoms with Gasteiger partial charge in [-0.25, -0.2) is 9.97 Å². The Morgan fingerprint density at radius 3 is 2.77 bits per heavy atom. The van der Waals surface area contributed by atoms with Crippen molar-refractivity contribution < 1.29 is 4.79 Å². The summed E-state index contributed by atoms with van der Waals surface area (Å²) in [5.41, 5.74) is 0.578. The van der Waals surface area contributed by atoms with E-state index in [0.717, 1.165) is 34.0 Å². The van der Waals surface area contributed by atoms with Crippen molar-refractivity contribution >= 4 is 56.6 Å². The Balaban J connectivity index is 1.50. The number of carbonyl (C=O) groups is 1. The molecule has 8 heteroatoms. The van der Waals surface area contributed by atoms with Crippen LogP contribution in [0.15, 0.2) is 40.9 Å². The van der Waals surface area contributed by atoms with Gasteiger partial charge < -0.3 is 9.80 Å². The molecule has 4 rings (SSSR count). The summed E-state index contributed by atoms with van der Waals surface area (Å²) in [5.74, 6) is 0.944. The van der Waals surface area contributed by atoms with E-state index in [1.54, 1.807) is 35.5 Å². The van der Waals surface area contributed by atoms with Crippen molar-refractivity contribution in [2.24, 2.45) is 0 Å². The smallest absolute Gasteiger partial charge is 0.255 e. The largest absolute Gasteiger partial charge is 0.352 e. The number of benzene rings is 1. The number of amides is 1. The topological polar surface area (TPSA) is 49.3 Å². The molecule has 0 radical (unpaired) electrons. The van der Waals surface area contributed by atoms with E-state index in [1.165, 1.54) is 0 Å². The standard InChI is InChI=1S/C18H17ClN4OS2/c1-25-12-2-3-15(19)14(10-12)18(24)23-7-5-22(6-8-23)16-13-4-9-26-17(13)21-11-20-16/h2-4,9-11H,5-8H2,1H3. The highest BCUT2D eigenvalue weighted by Gasteiger charge is 2.25. The molecule has 3 heterocycles. The summed E-state index contributed by atoms with van der Waals surface area (Å²) in [6.07, 6.45) is 3.60. The number of hydrogen-bond acceptors (Lipinski definition) is 6. The summed E-state index contributed by atoms with van der Waals surface area (Å²) in [6, 6.07) is 7.66. The first-order chi connectivity index (χ1) is 12.7. The van der Waals surface area contributed by atoms with Crippen LogP contribution >= 0.6 is 34.7 Å². The Morgan fingerprint density at radius 1 is 1.19 bits per heavy atom. The van der Waals surface area contributed by atoms with Gasteiger partial charge >= 0.3 is 0 Å². The van der Waals surface area contributed by atoms with Gasteiger partial charge in [-0.15, -0.1) is 23.1 Å². The molecule has 0 saturated carbocycles. The Labute approximate surface area is 165 Å². The predicted molar refractivity (Wildman–Crippen MR) is 109 cm³/mol. The second-order valence-corrected chi connectivity index (χ2v) is 8.14. The maximum atomic E-state index is 12.9. The highest BCUT2D eigenvalue weighted by molar-refractivity contribution is 7.98. The van der Waals surface area contributed by atoms with Crippen molar-refractivity contribution in [3.63, 3.8) is 0 Å². The third-order valence-electron chi connectivity index (χ3n) is 4.51. The average Bonchev–Trinajstić information content (AvgIpc) is 3.17. The summed E-state index contributed by atoms with van der Waals surface area (Å²) < 4.78 is 0. The van der Waals surface area contributed by atoms with Crippen molar-refractivity contribution in [2.45, 2.75) is 4.90 Å². The van der Waals surface area contributed by atoms with Crippen molar-refractivity contribution in [1.29, 1.82) is 0 Å². The number of halogens is 1. The molecule has 1 aliphatic heterocycles. The summed E-state index contributed by atoms with van der Waals surface area (Å²) in [4.78, 5) is 27.8. The molecule has 3 aromatic rings. The molecule has 2 aromatic heterocycles. The first kappa shape index (κ1) is 17.6. The van der Waals surface area contributed by atoms with Gasteiger partial charge in [-0.05, 0) is 35.9 Å². The maximum Gasteiger partial charge on any atom is 0.255 e. The van der Waals surface area contributed by atoms with Gasteiger partial charge in [-0.2, -0.15) is 0 Å². The average molecular weight is 405 g/mol. The minimum absolute atomic E-state index is 0.00563. The van der Waals surface area contributed by atoms with Crippen LogP contribution in [0.5, 0.6) is 0 Å². The molecule has 5 nitrogen and oxygen atoms in total. The Bertz CT molecular complexity index is 953. The number of thioether (sulfide) groups is 1. The van der Waals surface area contributed by atoms with Crippen LogP contribution in [0, 0.1) is 0 Å². The number of piperazine rings is 1. The zero-order chi connectivity index (χ0) is 18.1. The second kappa shape index (κ2) is 7.42. The zero-order valence-corrected chi connectivity index (χ0v) is 16.6. The summed E-state index contributed by atoms with van der Waals surface area (Å²) in [6.45, 7) is 2.78. The zero-order valence-electron chi connectivity index (χ0n) is 14.2. The first-order valence-electron chi connectivity index (χ1n) is 8.23. The molecule has 0 N–H and O–H groups in total. The van der Waals surface area contributed by atoms with Gasteiger partial charge in [0.1, 0.15) is 17.0 Å². The van der Waals surface area contributed by atoms with E-state index < -0.39 is 0 Å². The lowest BCUT2D eigenvalue weighted by atomic mass is 10.1. The van der Waals surface area contributed by atoms with Crippen molar-refractivity contribution in [3.8, 4) is 0 Å². The normalized spacial score (nSPS) is 14.8. The fourth-order valence-electron chi connectivity index (χ4n) is 3.12. The summed E-state index contributed by atoms with van der Waals surface area (Å²) in [5, 5.41) is 3.61. The second-order valence-electron chi connectivity index (χ2n) is 5.96. The Hall–Kier alpha value is -1.83. The molecule has 134 valence electrons. The third-order valence-corrected chi connectivity index (χ3v) is 6.39. The van der Waals surface area contributed by atoms with Gasteiger partial charge in [0.2, 0.25) is 0 Å². The van der Waals surface area contributed by atoms with Crippen molar-refractivity contribution in [3.05, 3.63) is 46.6 Å². The lowest BCUT2D eigenvalue weighted by molar-refractivity contribution is 0.0746. The molecule has 0 bridgehead atoms. The maximum absolute atomic E-state index is 12.9. The van der Waals surface area contributed by atoms with Crippen LogP contribution in [0.4, 0.5) is 5.82 Å². The minimum Gasteiger partial charge on any atom is -0.352 e. The van der Waals surface area contributed by atoms with E-state index in [2.05, 4.69) is 20.9 Å². The fourth-order valence-corrected chi connectivity index (χ4v) is 4.48. The van der Waals surface area contributed by atoms with E-state index >= 15 is 0 Å². The van der Waals surface area contributed by atoms with E-state index in [0.29, 0.717) is 23.7 Å². The highest BCUT2D eigenvalue weighted by Crippen LogP contribution is 2.28. The number of carbonyl (C=O) groups excluding carboxylic acids is 1. The number of anilines is 1. The predicted octanol–water partition coefficient (Wildman–Crippen LogP) is 4.03. The molecule has 0 atom stereocenters. The highest BCUT2D eigenvalue weighted by atomic mass is 35.5. The Kier molecular flexibility index (Phi) is 5.02. The SMILES string of the molecule is CSc1ccc(Cl)c(C(=O)N2CCN(c3ncnc4sccc34)CC2)c1. The molecular formula is C18H17ClN4OS2. The molecule has 0 unspecified atom stereocenters. The fraction of sp³-hybridized carbons (Fsp3) is 0.278. The van der Waals surface area contributed by atoms with Gasteiger partial charge in [0.05, 0.1) is 16.0 Å². The number of nitrogens with zero attached hydrogens (tertiary/aromatic N) is 4. The summed E-state index contributed by atoms with van der Waals surface area (Å²) >= 11 is 9.48. The van der Waals surface area contributed by atoms with Crippen LogP contribution in [0.2, 0.25) is 5.02 Å². The van der Waals surface area contributed by atoms with E-state index in [-0.39, 0.29) is 5.91 Å². The first-order valence-corrected chi connectivity index (χ1v) is 10.7. The quantitative estimate of drug-likeness (QED) is 0.617. The molecule has 1 saturated heterocycles. The number of aromatic nitrogens is 2. The van der Waals surface area contributed by atoms with Gasteiger partial charge in [0.15, 0.2) is 0 Å². The van der Waals surface area contributed by atoms with E-state index in [9.17, 15) is 4.79 Å². The van der Waals surface area contributed by atoms with Crippen LogP contribution in [-0.4, -0.2) is 53.2 Å². The van der Waals surface area contributed by atoms with Crippen molar-refractivity contribution in [2.75, 3.05) is 37.3 Å². The van der Waals surface area contributed by atoms with E-state index in [4.69, 9.17) is 11.6 Å². The molecular weight excluding hydrogens is 388 g/mol. The number of hydrogen-bond donors (Lipinski definition) is 0. The van der Waals surface area contributed by atoms with Gasteiger partial charge in [-0.1, -0.05) is 11.6 Å². The number of fused-ring (bicyclic) bond motifs is 1. The van der Waals surface area contributed by atoms with Gasteiger partial charge in [0, 0.05) is 31.1 Å². The molecule has 1 fully saturated rings. The van der Waals surface area contributed by atoms with Crippen LogP contribution < -0.4 is 4.90 Å². The van der Waals surface area contributed by atoms with Crippen LogP contribution in [0.3, 0.4) is 0 Å². The van der Waals surface area contributed by atoms with Gasteiger partial charge in [0.25, 0.3) is 5.91 Å². The molecule has 0 aliphatic carbocycles. The third kappa shape index (κ3) is 3.26. The van der Waals surface area contributed by atoms with Crippen LogP contribution in [0.1, 0.15) is 10.4 Å².